The molecule has 2 rings (SSSR count). The van der Waals surface area contributed by atoms with Gasteiger partial charge in [0.25, 0.3) is 0 Å². The second-order valence-electron chi connectivity index (χ2n) is 7.90. The number of cyclic esters (lactones) is 1. The highest BCUT2D eigenvalue weighted by Crippen LogP contribution is 2.28. The molecular weight excluding hydrogens is 394 g/mol. The third kappa shape index (κ3) is 5.99. The molecule has 2 bridgehead atoms. The number of hydrogen-bond donors (Lipinski definition) is 1. The van der Waals surface area contributed by atoms with Crippen LogP contribution in [-0.2, 0) is 33.4 Å². The van der Waals surface area contributed by atoms with E-state index in [2.05, 4.69) is 0 Å². The maximum atomic E-state index is 12.9. The number of carbonyl (C=O) groups excluding carboxylic acids is 4. The van der Waals surface area contributed by atoms with Gasteiger partial charge in [0.05, 0.1) is 0 Å². The number of fused-ring (bicyclic) bond motifs is 2. The number of rotatable bonds is 2. The Morgan fingerprint density at radius 1 is 1.40 bits per heavy atom. The van der Waals surface area contributed by atoms with Crippen molar-refractivity contribution in [2.45, 2.75) is 45.3 Å². The summed E-state index contributed by atoms with van der Waals surface area (Å²) in [5, 5.41) is 10.7. The van der Waals surface area contributed by atoms with Crippen molar-refractivity contribution in [3.63, 3.8) is 0 Å². The van der Waals surface area contributed by atoms with Crippen molar-refractivity contribution in [1.29, 1.82) is 0 Å². The Morgan fingerprint density at radius 3 is 2.77 bits per heavy atom. The van der Waals surface area contributed by atoms with Crippen LogP contribution >= 0.6 is 0 Å². The maximum absolute atomic E-state index is 12.9. The number of likely N-dealkylation sites (N-methyl/N-ethyl adjacent to an activating group) is 1. The van der Waals surface area contributed by atoms with Crippen LogP contribution in [0.5, 0.6) is 0 Å². The molecular formula is C21H29NO8. The zero-order valence-corrected chi connectivity index (χ0v) is 17.8. The van der Waals surface area contributed by atoms with Crippen molar-refractivity contribution >= 4 is 23.7 Å². The summed E-state index contributed by atoms with van der Waals surface area (Å²) in [6, 6.07) is 0. The fourth-order valence-electron chi connectivity index (χ4n) is 3.11. The molecule has 1 saturated heterocycles. The van der Waals surface area contributed by atoms with Crippen LogP contribution in [0.4, 0.5) is 0 Å². The molecule has 0 aromatic rings. The van der Waals surface area contributed by atoms with E-state index in [1.165, 1.54) is 19.9 Å². The lowest BCUT2D eigenvalue weighted by Gasteiger charge is -2.31. The van der Waals surface area contributed by atoms with Gasteiger partial charge in [-0.2, -0.15) is 0 Å². The van der Waals surface area contributed by atoms with Crippen molar-refractivity contribution in [3.05, 3.63) is 23.3 Å². The summed E-state index contributed by atoms with van der Waals surface area (Å²) in [5.41, 5.74) is -1.59. The number of hydrogen-bond acceptors (Lipinski definition) is 9. The second-order valence-corrected chi connectivity index (χ2v) is 7.90. The summed E-state index contributed by atoms with van der Waals surface area (Å²) in [6.45, 7) is 4.65. The normalized spacial score (nSPS) is 32.5. The zero-order chi connectivity index (χ0) is 22.5. The number of nitrogens with zero attached hydrogens (tertiary/aromatic N) is 1. The Bertz CT molecular complexity index is 767. The summed E-state index contributed by atoms with van der Waals surface area (Å²) in [6.07, 6.45) is 2.22. The minimum Gasteiger partial charge on any atom is -0.462 e. The Labute approximate surface area is 175 Å². The van der Waals surface area contributed by atoms with Gasteiger partial charge in [0, 0.05) is 37.6 Å². The average Bonchev–Trinajstić information content (AvgIpc) is 2.67. The Morgan fingerprint density at radius 2 is 2.10 bits per heavy atom. The van der Waals surface area contributed by atoms with Gasteiger partial charge in [-0.15, -0.1) is 0 Å². The van der Waals surface area contributed by atoms with Crippen LogP contribution in [0.15, 0.2) is 23.3 Å². The lowest BCUT2D eigenvalue weighted by molar-refractivity contribution is -0.169. The van der Waals surface area contributed by atoms with E-state index in [1.54, 1.807) is 13.0 Å². The predicted molar refractivity (Wildman–Crippen MR) is 105 cm³/mol. The van der Waals surface area contributed by atoms with E-state index in [-0.39, 0.29) is 37.2 Å². The topological polar surface area (TPSA) is 119 Å². The minimum atomic E-state index is -1.90. The van der Waals surface area contributed by atoms with Gasteiger partial charge in [-0.05, 0) is 32.4 Å². The van der Waals surface area contributed by atoms with E-state index < -0.39 is 41.3 Å². The standard InChI is InChI=1S/C21H29NO8/c1-13-11-15(7-10-28-14(2)23)19(25)30-17-6-9-22(4)8-5-16(18(17)24)12-29-20(26)21(13,3)27/h5,7,13,17,27H,6,8-12H2,1-4H3/b15-7+,16-5-/t13-,17-,21-/m1/s1. The van der Waals surface area contributed by atoms with E-state index in [9.17, 15) is 24.3 Å². The summed E-state index contributed by atoms with van der Waals surface area (Å²) in [4.78, 5) is 51.3. The van der Waals surface area contributed by atoms with Crippen molar-refractivity contribution in [2.75, 3.05) is 33.4 Å². The highest BCUT2D eigenvalue weighted by atomic mass is 16.6. The van der Waals surface area contributed by atoms with Crippen molar-refractivity contribution < 1.29 is 38.5 Å². The van der Waals surface area contributed by atoms with Gasteiger partial charge in [-0.25, -0.2) is 9.59 Å². The Kier molecular flexibility index (Phi) is 7.91. The molecule has 1 fully saturated rings. The number of carbonyl (C=O) groups is 4. The Hall–Kier alpha value is -2.52. The van der Waals surface area contributed by atoms with Crippen molar-refractivity contribution in [3.8, 4) is 0 Å². The van der Waals surface area contributed by atoms with Gasteiger partial charge < -0.3 is 24.2 Å². The molecule has 0 amide bonds. The molecule has 0 aliphatic carbocycles. The number of esters is 3. The lowest BCUT2D eigenvalue weighted by atomic mass is 9.85. The van der Waals surface area contributed by atoms with Crippen LogP contribution in [0.25, 0.3) is 0 Å². The molecule has 30 heavy (non-hydrogen) atoms. The Balaban J connectivity index is 2.42. The summed E-state index contributed by atoms with van der Waals surface area (Å²) < 4.78 is 15.6. The van der Waals surface area contributed by atoms with E-state index in [0.717, 1.165) is 0 Å². The SMILES string of the molecule is CC(=O)OC/C=C1\C[C@@H](C)[C@@](C)(O)C(=O)OC/C2=C/CN(C)CC[C@@H](OC1=O)C2=O. The van der Waals surface area contributed by atoms with Gasteiger partial charge in [0.15, 0.2) is 11.7 Å². The second kappa shape index (κ2) is 9.99. The molecule has 0 aromatic heterocycles. The minimum absolute atomic E-state index is 0.0360. The molecule has 3 atom stereocenters. The first kappa shape index (κ1) is 23.8. The molecule has 1 N–H and O–H groups in total. The maximum Gasteiger partial charge on any atom is 0.338 e. The predicted octanol–water partition coefficient (Wildman–Crippen LogP) is 0.553. The molecule has 0 saturated carbocycles. The fourth-order valence-corrected chi connectivity index (χ4v) is 3.11. The first-order valence-electron chi connectivity index (χ1n) is 9.87. The van der Waals surface area contributed by atoms with Crippen LogP contribution in [0.3, 0.4) is 0 Å². The van der Waals surface area contributed by atoms with Gasteiger partial charge in [-0.1, -0.05) is 13.0 Å². The third-order valence-corrected chi connectivity index (χ3v) is 5.42. The van der Waals surface area contributed by atoms with E-state index >= 15 is 0 Å². The lowest BCUT2D eigenvalue weighted by Crippen LogP contribution is -2.45. The molecule has 0 aromatic carbocycles. The van der Waals surface area contributed by atoms with E-state index in [1.807, 2.05) is 11.9 Å². The van der Waals surface area contributed by atoms with Gasteiger partial charge in [0.2, 0.25) is 5.78 Å². The largest absolute Gasteiger partial charge is 0.462 e. The summed E-state index contributed by atoms with van der Waals surface area (Å²) in [5.74, 6) is -3.30. The molecule has 0 spiro atoms. The highest BCUT2D eigenvalue weighted by Gasteiger charge is 2.41. The van der Waals surface area contributed by atoms with Gasteiger partial charge >= 0.3 is 17.9 Å². The van der Waals surface area contributed by atoms with Crippen LogP contribution < -0.4 is 0 Å². The van der Waals surface area contributed by atoms with Crippen LogP contribution in [0.2, 0.25) is 0 Å². The number of Topliss-reactive ketones (excluding diaryl/α,β-unsaturated/α-hetero) is 1. The number of ether oxygens (including phenoxy) is 3. The van der Waals surface area contributed by atoms with Gasteiger partial charge in [-0.3, -0.25) is 9.59 Å². The summed E-state index contributed by atoms with van der Waals surface area (Å²) in [7, 11) is 1.86. The van der Waals surface area contributed by atoms with E-state index in [4.69, 9.17) is 14.2 Å². The molecule has 2 aliphatic heterocycles. The molecule has 9 nitrogen and oxygen atoms in total. The first-order valence-corrected chi connectivity index (χ1v) is 9.87. The third-order valence-electron chi connectivity index (χ3n) is 5.42. The zero-order valence-electron chi connectivity index (χ0n) is 17.8. The number of ketones is 1. The van der Waals surface area contributed by atoms with Crippen LogP contribution in [0, 0.1) is 5.92 Å². The fraction of sp³-hybridized carbons (Fsp3) is 0.619. The quantitative estimate of drug-likeness (QED) is 0.386. The molecule has 2 aliphatic rings. The van der Waals surface area contributed by atoms with Crippen LogP contribution in [-0.4, -0.2) is 78.8 Å². The molecule has 9 heteroatoms. The van der Waals surface area contributed by atoms with Crippen LogP contribution in [0.1, 0.15) is 33.6 Å². The monoisotopic (exact) mass is 423 g/mol. The van der Waals surface area contributed by atoms with E-state index in [0.29, 0.717) is 13.1 Å². The molecule has 166 valence electrons. The van der Waals surface area contributed by atoms with Crippen molar-refractivity contribution in [2.24, 2.45) is 5.92 Å². The van der Waals surface area contributed by atoms with Crippen molar-refractivity contribution in [1.82, 2.24) is 4.90 Å². The average molecular weight is 423 g/mol. The number of aliphatic hydroxyl groups is 1. The highest BCUT2D eigenvalue weighted by molar-refractivity contribution is 6.01. The smallest absolute Gasteiger partial charge is 0.338 e. The molecule has 2 heterocycles. The van der Waals surface area contributed by atoms with Gasteiger partial charge in [0.1, 0.15) is 13.2 Å². The molecule has 0 radical (unpaired) electrons. The summed E-state index contributed by atoms with van der Waals surface area (Å²) >= 11 is 0. The molecule has 0 unspecified atom stereocenters. The first-order chi connectivity index (χ1) is 14.0.